The van der Waals surface area contributed by atoms with Crippen LogP contribution in [0.4, 0.5) is 5.82 Å². The molecule has 1 aromatic heterocycles. The zero-order valence-corrected chi connectivity index (χ0v) is 10.5. The molecule has 1 aliphatic heterocycles. The zero-order chi connectivity index (χ0) is 13.4. The fraction of sp³-hybridized carbons (Fsp3) is 0.167. The van der Waals surface area contributed by atoms with Gasteiger partial charge in [0.05, 0.1) is 21.8 Å². The average Bonchev–Trinajstić information content (AvgIpc) is 2.84. The molecule has 0 bridgehead atoms. The van der Waals surface area contributed by atoms with Crippen molar-refractivity contribution >= 4 is 23.7 Å². The van der Waals surface area contributed by atoms with Crippen molar-refractivity contribution in [3.05, 3.63) is 22.7 Å². The number of nitrogens with two attached hydrogens (primary N) is 1. The number of aromatic amines is 1. The summed E-state index contributed by atoms with van der Waals surface area (Å²) in [7, 11) is 0. The highest BCUT2D eigenvalue weighted by Crippen LogP contribution is 2.45. The van der Waals surface area contributed by atoms with Gasteiger partial charge in [-0.2, -0.15) is 5.10 Å². The van der Waals surface area contributed by atoms with Gasteiger partial charge in [0.15, 0.2) is 17.8 Å². The van der Waals surface area contributed by atoms with Crippen LogP contribution in [0.3, 0.4) is 0 Å². The molecule has 3 rings (SSSR count). The Balaban J connectivity index is 2.27. The van der Waals surface area contributed by atoms with E-state index in [0.717, 1.165) is 0 Å². The number of halogens is 1. The van der Waals surface area contributed by atoms with Crippen LogP contribution in [0.2, 0.25) is 5.02 Å². The van der Waals surface area contributed by atoms with Crippen molar-refractivity contribution in [2.24, 2.45) is 0 Å². The number of hydrogen-bond acceptors (Lipinski definition) is 5. The Labute approximate surface area is 113 Å². The maximum Gasteiger partial charge on any atom is 0.172 e. The van der Waals surface area contributed by atoms with E-state index in [-0.39, 0.29) is 0 Å². The third-order valence-corrected chi connectivity index (χ3v) is 3.08. The molecule has 7 heteroatoms. The molecule has 3 N–H and O–H groups in total. The van der Waals surface area contributed by atoms with E-state index in [4.69, 9.17) is 26.8 Å². The van der Waals surface area contributed by atoms with Crippen molar-refractivity contribution in [3.63, 3.8) is 0 Å². The molecule has 1 aromatic carbocycles. The maximum atomic E-state index is 11.0. The number of nitrogen functional groups attached to an aromatic ring is 1. The quantitative estimate of drug-likeness (QED) is 0.819. The molecule has 0 aliphatic carbocycles. The summed E-state index contributed by atoms with van der Waals surface area (Å²) in [4.78, 5) is 11.0. The van der Waals surface area contributed by atoms with Gasteiger partial charge in [-0.15, -0.1) is 0 Å². The van der Waals surface area contributed by atoms with Crippen LogP contribution in [-0.4, -0.2) is 29.7 Å². The third-order valence-electron chi connectivity index (χ3n) is 2.79. The first-order valence-corrected chi connectivity index (χ1v) is 5.97. The molecule has 2 heterocycles. The highest BCUT2D eigenvalue weighted by Gasteiger charge is 2.24. The minimum atomic E-state index is 0.344. The highest BCUT2D eigenvalue weighted by atomic mass is 35.5. The first-order valence-electron chi connectivity index (χ1n) is 5.59. The van der Waals surface area contributed by atoms with Crippen molar-refractivity contribution < 1.29 is 14.3 Å². The van der Waals surface area contributed by atoms with Gasteiger partial charge in [0, 0.05) is 6.07 Å². The Kier molecular flexibility index (Phi) is 2.79. The van der Waals surface area contributed by atoms with Gasteiger partial charge in [-0.3, -0.25) is 9.89 Å². The second-order valence-corrected chi connectivity index (χ2v) is 4.41. The monoisotopic (exact) mass is 279 g/mol. The van der Waals surface area contributed by atoms with Crippen LogP contribution >= 0.6 is 11.6 Å². The van der Waals surface area contributed by atoms with E-state index >= 15 is 0 Å². The second-order valence-electron chi connectivity index (χ2n) is 4.00. The molecule has 0 saturated carbocycles. The van der Waals surface area contributed by atoms with E-state index in [9.17, 15) is 4.79 Å². The van der Waals surface area contributed by atoms with E-state index in [2.05, 4.69) is 10.2 Å². The number of benzene rings is 1. The number of ether oxygens (including phenoxy) is 2. The number of rotatable bonds is 2. The zero-order valence-electron chi connectivity index (χ0n) is 9.77. The molecular weight excluding hydrogens is 270 g/mol. The largest absolute Gasteiger partial charge is 0.485 e. The Morgan fingerprint density at radius 3 is 2.68 bits per heavy atom. The third kappa shape index (κ3) is 1.90. The summed E-state index contributed by atoms with van der Waals surface area (Å²) in [5.41, 5.74) is 7.14. The molecule has 19 heavy (non-hydrogen) atoms. The number of fused-ring (bicyclic) bond motifs is 1. The van der Waals surface area contributed by atoms with Crippen molar-refractivity contribution in [1.29, 1.82) is 0 Å². The topological polar surface area (TPSA) is 90.2 Å². The van der Waals surface area contributed by atoms with Gasteiger partial charge in [0.25, 0.3) is 0 Å². The van der Waals surface area contributed by atoms with Crippen molar-refractivity contribution in [3.8, 4) is 22.8 Å². The average molecular weight is 280 g/mol. The lowest BCUT2D eigenvalue weighted by Crippen LogP contribution is -2.17. The number of carbonyl (C=O) groups excluding carboxylic acids is 1. The first-order chi connectivity index (χ1) is 9.20. The van der Waals surface area contributed by atoms with E-state index < -0.39 is 0 Å². The molecule has 0 radical (unpaired) electrons. The Hall–Kier alpha value is -2.21. The van der Waals surface area contributed by atoms with E-state index in [1.165, 1.54) is 6.07 Å². The van der Waals surface area contributed by atoms with Gasteiger partial charge in [-0.25, -0.2) is 0 Å². The molecule has 6 nitrogen and oxygen atoms in total. The lowest BCUT2D eigenvalue weighted by Gasteiger charge is -2.22. The highest BCUT2D eigenvalue weighted by molar-refractivity contribution is 6.34. The van der Waals surface area contributed by atoms with Crippen molar-refractivity contribution in [2.45, 2.75) is 0 Å². The van der Waals surface area contributed by atoms with Crippen LogP contribution in [0.1, 0.15) is 10.4 Å². The Morgan fingerprint density at radius 1 is 1.32 bits per heavy atom. The summed E-state index contributed by atoms with van der Waals surface area (Å²) in [6, 6.07) is 3.18. The molecule has 0 amide bonds. The minimum Gasteiger partial charge on any atom is -0.485 e. The van der Waals surface area contributed by atoms with Crippen molar-refractivity contribution in [2.75, 3.05) is 18.9 Å². The van der Waals surface area contributed by atoms with Crippen LogP contribution in [0.15, 0.2) is 12.1 Å². The van der Waals surface area contributed by atoms with Crippen LogP contribution in [-0.2, 0) is 0 Å². The summed E-state index contributed by atoms with van der Waals surface area (Å²) < 4.78 is 11.1. The number of H-pyrrole nitrogens is 1. The molecule has 0 spiro atoms. The second kappa shape index (κ2) is 4.47. The standard InChI is InChI=1S/C12H10ClN3O3/c13-7-3-6(5-17)11-12(19-2-1-18-11)10(7)8-4-9(14)16-15-8/h3-5H,1-2H2,(H3,14,15,16). The summed E-state index contributed by atoms with van der Waals surface area (Å²) in [5, 5.41) is 6.99. The summed E-state index contributed by atoms with van der Waals surface area (Å²) in [6.45, 7) is 0.780. The molecule has 2 aromatic rings. The molecule has 0 fully saturated rings. The summed E-state index contributed by atoms with van der Waals surface area (Å²) in [6.07, 6.45) is 0.685. The molecule has 0 unspecified atom stereocenters. The first kappa shape index (κ1) is 11.9. The molecular formula is C12H10ClN3O3. The van der Waals surface area contributed by atoms with Gasteiger partial charge < -0.3 is 15.2 Å². The van der Waals surface area contributed by atoms with E-state index in [1.807, 2.05) is 0 Å². The number of carbonyl (C=O) groups is 1. The van der Waals surface area contributed by atoms with Crippen molar-refractivity contribution in [1.82, 2.24) is 10.2 Å². The van der Waals surface area contributed by atoms with Gasteiger partial charge >= 0.3 is 0 Å². The van der Waals surface area contributed by atoms with Crippen LogP contribution in [0, 0.1) is 0 Å². The normalized spacial score (nSPS) is 13.3. The molecule has 0 atom stereocenters. The predicted octanol–water partition coefficient (Wildman–Crippen LogP) is 1.90. The lowest BCUT2D eigenvalue weighted by molar-refractivity contribution is 0.111. The molecule has 0 saturated heterocycles. The van der Waals surface area contributed by atoms with Crippen LogP contribution in [0.25, 0.3) is 11.3 Å². The lowest BCUT2D eigenvalue weighted by atomic mass is 10.1. The fourth-order valence-corrected chi connectivity index (χ4v) is 2.31. The SMILES string of the molecule is Nc1cc(-c2c(Cl)cc(C=O)c3c2OCCO3)[nH]n1. The number of hydrogen-bond donors (Lipinski definition) is 2. The van der Waals surface area contributed by atoms with E-state index in [0.29, 0.717) is 58.7 Å². The minimum absolute atomic E-state index is 0.344. The van der Waals surface area contributed by atoms with E-state index in [1.54, 1.807) is 6.07 Å². The van der Waals surface area contributed by atoms with Crippen LogP contribution < -0.4 is 15.2 Å². The number of anilines is 1. The van der Waals surface area contributed by atoms with Gasteiger partial charge in [0.1, 0.15) is 19.0 Å². The van der Waals surface area contributed by atoms with Crippen LogP contribution in [0.5, 0.6) is 11.5 Å². The smallest absolute Gasteiger partial charge is 0.172 e. The van der Waals surface area contributed by atoms with Gasteiger partial charge in [0.2, 0.25) is 0 Å². The number of nitrogens with one attached hydrogen (secondary N) is 1. The Morgan fingerprint density at radius 2 is 2.05 bits per heavy atom. The van der Waals surface area contributed by atoms with Gasteiger partial charge in [-0.05, 0) is 6.07 Å². The molecule has 98 valence electrons. The summed E-state index contributed by atoms with van der Waals surface area (Å²) >= 11 is 6.21. The Bertz CT molecular complexity index is 654. The maximum absolute atomic E-state index is 11.0. The number of aromatic nitrogens is 2. The summed E-state index contributed by atoms with van der Waals surface area (Å²) in [5.74, 6) is 1.18. The predicted molar refractivity (Wildman–Crippen MR) is 69.8 cm³/mol. The van der Waals surface area contributed by atoms with Gasteiger partial charge in [-0.1, -0.05) is 11.6 Å². The molecule has 1 aliphatic rings. The number of nitrogens with zero attached hydrogens (tertiary/aromatic N) is 1. The fourth-order valence-electron chi connectivity index (χ4n) is 2.01. The number of aldehydes is 1.